The fourth-order valence-corrected chi connectivity index (χ4v) is 4.16. The van der Waals surface area contributed by atoms with Gasteiger partial charge in [0.1, 0.15) is 11.6 Å². The van der Waals surface area contributed by atoms with Crippen LogP contribution in [0.5, 0.6) is 0 Å². The van der Waals surface area contributed by atoms with E-state index in [1.807, 2.05) is 18.2 Å². The van der Waals surface area contributed by atoms with E-state index < -0.39 is 0 Å². The molecule has 0 aliphatic carbocycles. The van der Waals surface area contributed by atoms with Gasteiger partial charge in [-0.1, -0.05) is 36.8 Å². The van der Waals surface area contributed by atoms with Crippen molar-refractivity contribution in [3.8, 4) is 17.3 Å². The van der Waals surface area contributed by atoms with Crippen LogP contribution in [0, 0.1) is 17.1 Å². The second-order valence-corrected chi connectivity index (χ2v) is 8.41. The zero-order chi connectivity index (χ0) is 23.8. The number of anilines is 1. The molecule has 4 rings (SSSR count). The Morgan fingerprint density at radius 3 is 2.82 bits per heavy atom. The number of carbonyl (C=O) groups excluding carboxylic acids is 1. The lowest BCUT2D eigenvalue weighted by molar-refractivity contribution is 0.0948. The Bertz CT molecular complexity index is 1180. The highest BCUT2D eigenvalue weighted by Gasteiger charge is 2.18. The largest absolute Gasteiger partial charge is 0.369 e. The van der Waals surface area contributed by atoms with Gasteiger partial charge in [0.15, 0.2) is 0 Å². The summed E-state index contributed by atoms with van der Waals surface area (Å²) in [6, 6.07) is 19.7. The van der Waals surface area contributed by atoms with Crippen molar-refractivity contribution >= 4 is 11.7 Å². The number of hydrogen-bond acceptors (Lipinski definition) is 5. The van der Waals surface area contributed by atoms with Gasteiger partial charge in [-0.05, 0) is 61.7 Å². The smallest absolute Gasteiger partial charge is 0.255 e. The summed E-state index contributed by atoms with van der Waals surface area (Å²) >= 11 is 0. The second kappa shape index (κ2) is 11.4. The summed E-state index contributed by atoms with van der Waals surface area (Å²) in [6.07, 6.45) is 3.95. The Morgan fingerprint density at radius 1 is 1.15 bits per heavy atom. The van der Waals surface area contributed by atoms with Crippen LogP contribution in [0.25, 0.3) is 11.3 Å². The Hall–Kier alpha value is -3.76. The first-order valence-corrected chi connectivity index (χ1v) is 11.6. The summed E-state index contributed by atoms with van der Waals surface area (Å²) in [5.41, 5.74) is 3.12. The summed E-state index contributed by atoms with van der Waals surface area (Å²) in [7, 11) is 0. The van der Waals surface area contributed by atoms with E-state index in [9.17, 15) is 14.4 Å². The minimum absolute atomic E-state index is 0.201. The lowest BCUT2D eigenvalue weighted by atomic mass is 10.0. The molecule has 1 atom stereocenters. The van der Waals surface area contributed by atoms with Gasteiger partial charge in [0.2, 0.25) is 0 Å². The first-order chi connectivity index (χ1) is 16.6. The molecule has 0 spiro atoms. The van der Waals surface area contributed by atoms with Crippen LogP contribution < -0.4 is 16.0 Å². The van der Waals surface area contributed by atoms with Crippen LogP contribution in [0.1, 0.15) is 40.7 Å². The van der Waals surface area contributed by atoms with Crippen LogP contribution in [0.4, 0.5) is 10.2 Å². The normalized spacial score (nSPS) is 15.4. The number of piperidine rings is 1. The molecule has 1 aliphatic rings. The van der Waals surface area contributed by atoms with Crippen molar-refractivity contribution in [3.05, 3.63) is 83.2 Å². The number of nitrogens with one attached hydrogen (secondary N) is 3. The van der Waals surface area contributed by atoms with E-state index in [4.69, 9.17) is 4.98 Å². The fourth-order valence-electron chi connectivity index (χ4n) is 4.16. The lowest BCUT2D eigenvalue weighted by Gasteiger charge is -2.23. The molecule has 174 valence electrons. The molecule has 3 aromatic rings. The summed E-state index contributed by atoms with van der Waals surface area (Å²) < 4.78 is 13.5. The van der Waals surface area contributed by atoms with Crippen molar-refractivity contribution < 1.29 is 9.18 Å². The molecule has 3 N–H and O–H groups in total. The number of nitrogens with zero attached hydrogens (tertiary/aromatic N) is 2. The summed E-state index contributed by atoms with van der Waals surface area (Å²) in [5.74, 6) is -0.0360. The molecule has 1 fully saturated rings. The number of pyridine rings is 1. The van der Waals surface area contributed by atoms with Gasteiger partial charge in [-0.25, -0.2) is 9.37 Å². The molecule has 0 saturated carbocycles. The first-order valence-electron chi connectivity index (χ1n) is 11.6. The van der Waals surface area contributed by atoms with Gasteiger partial charge in [-0.2, -0.15) is 5.26 Å². The van der Waals surface area contributed by atoms with E-state index >= 15 is 0 Å². The van der Waals surface area contributed by atoms with Crippen molar-refractivity contribution in [2.45, 2.75) is 31.7 Å². The first kappa shape index (κ1) is 23.4. The molecule has 6 nitrogen and oxygen atoms in total. The molecule has 1 saturated heterocycles. The van der Waals surface area contributed by atoms with Crippen molar-refractivity contribution in [1.82, 2.24) is 15.6 Å². The minimum Gasteiger partial charge on any atom is -0.369 e. The predicted octanol–water partition coefficient (Wildman–Crippen LogP) is 4.29. The topological polar surface area (TPSA) is 89.8 Å². The minimum atomic E-state index is -0.276. The summed E-state index contributed by atoms with van der Waals surface area (Å²) in [4.78, 5) is 17.7. The molecule has 0 bridgehead atoms. The summed E-state index contributed by atoms with van der Waals surface area (Å²) in [6.45, 7) is 2.01. The number of nitriles is 1. The van der Waals surface area contributed by atoms with E-state index in [0.29, 0.717) is 47.7 Å². The van der Waals surface area contributed by atoms with Gasteiger partial charge in [0.25, 0.3) is 5.91 Å². The number of aromatic nitrogens is 1. The number of benzene rings is 2. The fraction of sp³-hybridized carbons (Fsp3) is 0.296. The van der Waals surface area contributed by atoms with Gasteiger partial charge in [-0.15, -0.1) is 0 Å². The highest BCUT2D eigenvalue weighted by Crippen LogP contribution is 2.25. The van der Waals surface area contributed by atoms with Gasteiger partial charge in [0.05, 0.1) is 22.9 Å². The molecule has 1 aromatic heterocycles. The molecular formula is C27H28FN5O. The van der Waals surface area contributed by atoms with E-state index in [2.05, 4.69) is 22.0 Å². The Kier molecular flexibility index (Phi) is 7.84. The van der Waals surface area contributed by atoms with Crippen molar-refractivity contribution in [2.75, 3.05) is 25.0 Å². The van der Waals surface area contributed by atoms with Crippen molar-refractivity contribution in [2.24, 2.45) is 0 Å². The van der Waals surface area contributed by atoms with E-state index in [-0.39, 0.29) is 17.8 Å². The molecular weight excluding hydrogens is 429 g/mol. The predicted molar refractivity (Wildman–Crippen MR) is 131 cm³/mol. The third-order valence-electron chi connectivity index (χ3n) is 5.98. The number of halogens is 1. The lowest BCUT2D eigenvalue weighted by Crippen LogP contribution is -2.43. The molecule has 1 amide bonds. The van der Waals surface area contributed by atoms with Crippen LogP contribution in [-0.2, 0) is 6.42 Å². The van der Waals surface area contributed by atoms with Crippen LogP contribution in [-0.4, -0.2) is 36.6 Å². The van der Waals surface area contributed by atoms with Gasteiger partial charge < -0.3 is 16.0 Å². The third-order valence-corrected chi connectivity index (χ3v) is 5.98. The standard InChI is InChI=1S/C27H28FN5O/c28-21-8-5-6-19(16-21)13-15-31-26-24(27(34)32-18-22-9-3-4-14-30-22)11-12-25(33-26)23-10-2-1-7-20(23)17-29/h1-2,5-8,10-12,16,22,30H,3-4,9,13-15,18H2,(H,31,33)(H,32,34)/t22-/m0/s1. The highest BCUT2D eigenvalue weighted by atomic mass is 19.1. The van der Waals surface area contributed by atoms with E-state index in [0.717, 1.165) is 24.9 Å². The molecule has 0 unspecified atom stereocenters. The number of carbonyl (C=O) groups is 1. The molecule has 0 radical (unpaired) electrons. The third kappa shape index (κ3) is 5.97. The van der Waals surface area contributed by atoms with Crippen LogP contribution in [0.15, 0.2) is 60.7 Å². The summed E-state index contributed by atoms with van der Waals surface area (Å²) in [5, 5.41) is 19.2. The quantitative estimate of drug-likeness (QED) is 0.470. The van der Waals surface area contributed by atoms with Crippen LogP contribution in [0.3, 0.4) is 0 Å². The van der Waals surface area contributed by atoms with Gasteiger partial charge in [-0.3, -0.25) is 4.79 Å². The number of hydrogen-bond donors (Lipinski definition) is 3. The van der Waals surface area contributed by atoms with Crippen molar-refractivity contribution in [1.29, 1.82) is 5.26 Å². The Morgan fingerprint density at radius 2 is 2.03 bits per heavy atom. The van der Waals surface area contributed by atoms with Crippen LogP contribution in [0.2, 0.25) is 0 Å². The maximum atomic E-state index is 13.5. The molecule has 7 heteroatoms. The van der Waals surface area contributed by atoms with Crippen molar-refractivity contribution in [3.63, 3.8) is 0 Å². The monoisotopic (exact) mass is 457 g/mol. The molecule has 1 aliphatic heterocycles. The number of rotatable bonds is 8. The maximum absolute atomic E-state index is 13.5. The van der Waals surface area contributed by atoms with Gasteiger partial charge >= 0.3 is 0 Å². The average molecular weight is 458 g/mol. The van der Waals surface area contributed by atoms with E-state index in [1.54, 1.807) is 30.3 Å². The Labute approximate surface area is 199 Å². The number of amides is 1. The molecule has 2 aromatic carbocycles. The zero-order valence-electron chi connectivity index (χ0n) is 19.0. The average Bonchev–Trinajstić information content (AvgIpc) is 2.88. The maximum Gasteiger partial charge on any atom is 0.255 e. The van der Waals surface area contributed by atoms with Crippen LogP contribution >= 0.6 is 0 Å². The molecule has 2 heterocycles. The SMILES string of the molecule is N#Cc1ccccc1-c1ccc(C(=O)NC[C@@H]2CCCCN2)c(NCCc2cccc(F)c2)n1. The second-order valence-electron chi connectivity index (χ2n) is 8.41. The Balaban J connectivity index is 1.54. The van der Waals surface area contributed by atoms with Gasteiger partial charge in [0, 0.05) is 24.7 Å². The zero-order valence-corrected chi connectivity index (χ0v) is 19.0. The highest BCUT2D eigenvalue weighted by molar-refractivity contribution is 5.99. The molecule has 34 heavy (non-hydrogen) atoms. The van der Waals surface area contributed by atoms with E-state index in [1.165, 1.54) is 18.6 Å².